The van der Waals surface area contributed by atoms with Crippen LogP contribution in [-0.2, 0) is 26.2 Å². The molecule has 226 valence electrons. The van der Waals surface area contributed by atoms with Gasteiger partial charge in [0.25, 0.3) is 10.0 Å². The Morgan fingerprint density at radius 2 is 1.48 bits per heavy atom. The first-order valence-corrected chi connectivity index (χ1v) is 14.9. The first-order chi connectivity index (χ1) is 20.0. The quantitative estimate of drug-likeness (QED) is 0.316. The van der Waals surface area contributed by atoms with Crippen LogP contribution in [0, 0.1) is 13.8 Å². The molecule has 1 N–H and O–H groups in total. The Morgan fingerprint density at radius 1 is 0.857 bits per heavy atom. The van der Waals surface area contributed by atoms with Gasteiger partial charge in [0.1, 0.15) is 18.3 Å². The molecule has 0 aliphatic carbocycles. The smallest absolute Gasteiger partial charge is 0.264 e. The maximum atomic E-state index is 14.2. The Hall–Kier alpha value is -4.25. The third-order valence-electron chi connectivity index (χ3n) is 6.86. The highest BCUT2D eigenvalue weighted by atomic mass is 32.2. The third kappa shape index (κ3) is 7.33. The standard InChI is InChI=1S/C31H39N3O7S/c1-8-27(31(36)32-4)33(19-23-9-11-25(39-5)12-10-23)30(35)20-34(24-16-21(2)15-22(3)17-24)42(37,38)26-13-14-28(40-6)29(18-26)41-7/h9-18,27H,8,19-20H2,1-7H3,(H,32,36)/t27-/m1/s1. The predicted octanol–water partition coefficient (Wildman–Crippen LogP) is 4.08. The maximum absolute atomic E-state index is 14.2. The molecular weight excluding hydrogens is 558 g/mol. The van der Waals surface area contributed by atoms with Crippen LogP contribution in [0.2, 0.25) is 0 Å². The fraction of sp³-hybridized carbons (Fsp3) is 0.355. The van der Waals surface area contributed by atoms with Crippen molar-refractivity contribution in [3.8, 4) is 17.2 Å². The normalized spacial score (nSPS) is 11.8. The highest BCUT2D eigenvalue weighted by molar-refractivity contribution is 7.92. The number of methoxy groups -OCH3 is 3. The fourth-order valence-electron chi connectivity index (χ4n) is 4.74. The summed E-state index contributed by atoms with van der Waals surface area (Å²) in [6.45, 7) is 5.06. The summed E-state index contributed by atoms with van der Waals surface area (Å²) in [5.74, 6) is 0.367. The molecule has 0 aliphatic heterocycles. The monoisotopic (exact) mass is 597 g/mol. The van der Waals surface area contributed by atoms with Crippen LogP contribution >= 0.6 is 0 Å². The van der Waals surface area contributed by atoms with Crippen molar-refractivity contribution >= 4 is 27.5 Å². The number of sulfonamides is 1. The van der Waals surface area contributed by atoms with Crippen molar-refractivity contribution in [2.24, 2.45) is 0 Å². The number of nitrogens with one attached hydrogen (secondary N) is 1. The van der Waals surface area contributed by atoms with Crippen molar-refractivity contribution in [3.05, 3.63) is 77.4 Å². The molecule has 42 heavy (non-hydrogen) atoms. The molecule has 0 aliphatic rings. The lowest BCUT2D eigenvalue weighted by Crippen LogP contribution is -2.51. The van der Waals surface area contributed by atoms with Crippen LogP contribution in [0.4, 0.5) is 5.69 Å². The van der Waals surface area contributed by atoms with Gasteiger partial charge in [0, 0.05) is 19.7 Å². The summed E-state index contributed by atoms with van der Waals surface area (Å²) in [6, 6.07) is 15.9. The molecule has 10 nitrogen and oxygen atoms in total. The van der Waals surface area contributed by atoms with E-state index >= 15 is 0 Å². The Balaban J connectivity index is 2.12. The van der Waals surface area contributed by atoms with Gasteiger partial charge < -0.3 is 24.4 Å². The molecule has 0 spiro atoms. The summed E-state index contributed by atoms with van der Waals surface area (Å²) in [5.41, 5.74) is 2.74. The minimum atomic E-state index is -4.28. The van der Waals surface area contributed by atoms with Gasteiger partial charge in [-0.1, -0.05) is 25.1 Å². The fourth-order valence-corrected chi connectivity index (χ4v) is 6.16. The Bertz CT molecular complexity index is 1490. The summed E-state index contributed by atoms with van der Waals surface area (Å²) in [5, 5.41) is 2.62. The van der Waals surface area contributed by atoms with E-state index in [0.29, 0.717) is 23.6 Å². The minimum Gasteiger partial charge on any atom is -0.497 e. The summed E-state index contributed by atoms with van der Waals surface area (Å²) in [4.78, 5) is 28.3. The number of ether oxygens (including phenoxy) is 3. The molecule has 3 aromatic rings. The van der Waals surface area contributed by atoms with Crippen molar-refractivity contribution < 1.29 is 32.2 Å². The number of hydrogen-bond donors (Lipinski definition) is 1. The van der Waals surface area contributed by atoms with Crippen molar-refractivity contribution in [3.63, 3.8) is 0 Å². The molecule has 0 aromatic heterocycles. The van der Waals surface area contributed by atoms with Crippen LogP contribution < -0.4 is 23.8 Å². The van der Waals surface area contributed by atoms with E-state index in [4.69, 9.17) is 14.2 Å². The van der Waals surface area contributed by atoms with Crippen LogP contribution in [0.5, 0.6) is 17.2 Å². The summed E-state index contributed by atoms with van der Waals surface area (Å²) >= 11 is 0. The van der Waals surface area contributed by atoms with Gasteiger partial charge in [0.05, 0.1) is 31.9 Å². The number of rotatable bonds is 13. The number of carbonyl (C=O) groups excluding carboxylic acids is 2. The number of carbonyl (C=O) groups is 2. The molecule has 0 unspecified atom stereocenters. The maximum Gasteiger partial charge on any atom is 0.264 e. The molecule has 2 amide bonds. The average molecular weight is 598 g/mol. The second-order valence-corrected chi connectivity index (χ2v) is 11.6. The van der Waals surface area contributed by atoms with E-state index in [1.165, 1.54) is 44.4 Å². The Morgan fingerprint density at radius 3 is 2.00 bits per heavy atom. The van der Waals surface area contributed by atoms with Gasteiger partial charge in [-0.05, 0) is 73.4 Å². The molecule has 1 atom stereocenters. The van der Waals surface area contributed by atoms with E-state index in [1.54, 1.807) is 50.4 Å². The first-order valence-electron chi connectivity index (χ1n) is 13.5. The number of likely N-dealkylation sites (N-methyl/N-ethyl adjacent to an activating group) is 1. The summed E-state index contributed by atoms with van der Waals surface area (Å²) < 4.78 is 45.4. The number of anilines is 1. The first kappa shape index (κ1) is 32.3. The summed E-state index contributed by atoms with van der Waals surface area (Å²) in [6.07, 6.45) is 0.327. The SMILES string of the molecule is CC[C@H](C(=O)NC)N(Cc1ccc(OC)cc1)C(=O)CN(c1cc(C)cc(C)c1)S(=O)(=O)c1ccc(OC)c(OC)c1. The number of aryl methyl sites for hydroxylation is 2. The van der Waals surface area contributed by atoms with E-state index < -0.39 is 28.5 Å². The predicted molar refractivity (Wildman–Crippen MR) is 162 cm³/mol. The van der Waals surface area contributed by atoms with E-state index in [2.05, 4.69) is 5.32 Å². The van der Waals surface area contributed by atoms with Crippen LogP contribution in [0.25, 0.3) is 0 Å². The average Bonchev–Trinajstić information content (AvgIpc) is 2.98. The van der Waals surface area contributed by atoms with Crippen molar-refractivity contribution in [1.29, 1.82) is 0 Å². The second kappa shape index (κ2) is 14.1. The molecular formula is C31H39N3O7S. The van der Waals surface area contributed by atoms with Crippen molar-refractivity contribution in [1.82, 2.24) is 10.2 Å². The zero-order valence-electron chi connectivity index (χ0n) is 25.1. The van der Waals surface area contributed by atoms with Gasteiger partial charge in [-0.25, -0.2) is 8.42 Å². The largest absolute Gasteiger partial charge is 0.497 e. The van der Waals surface area contributed by atoms with Gasteiger partial charge in [0.15, 0.2) is 11.5 Å². The van der Waals surface area contributed by atoms with Crippen LogP contribution in [-0.4, -0.2) is 66.1 Å². The highest BCUT2D eigenvalue weighted by Gasteiger charge is 2.34. The zero-order chi connectivity index (χ0) is 31.0. The topological polar surface area (TPSA) is 114 Å². The molecule has 0 fully saturated rings. The molecule has 3 aromatic carbocycles. The van der Waals surface area contributed by atoms with E-state index in [-0.39, 0.29) is 23.1 Å². The molecule has 3 rings (SSSR count). The molecule has 11 heteroatoms. The van der Waals surface area contributed by atoms with Crippen LogP contribution in [0.15, 0.2) is 65.6 Å². The molecule has 0 saturated carbocycles. The van der Waals surface area contributed by atoms with E-state index in [0.717, 1.165) is 21.0 Å². The second-order valence-electron chi connectivity index (χ2n) is 9.78. The van der Waals surface area contributed by atoms with Crippen molar-refractivity contribution in [2.45, 2.75) is 44.7 Å². The molecule has 0 heterocycles. The van der Waals surface area contributed by atoms with Gasteiger partial charge in [-0.15, -0.1) is 0 Å². The lowest BCUT2D eigenvalue weighted by Gasteiger charge is -2.33. The van der Waals surface area contributed by atoms with E-state index in [9.17, 15) is 18.0 Å². The van der Waals surface area contributed by atoms with Gasteiger partial charge >= 0.3 is 0 Å². The Kier molecular flexibility index (Phi) is 10.8. The number of amides is 2. The van der Waals surface area contributed by atoms with Gasteiger partial charge in [-0.2, -0.15) is 0 Å². The number of hydrogen-bond acceptors (Lipinski definition) is 7. The zero-order valence-corrected chi connectivity index (χ0v) is 25.9. The van der Waals surface area contributed by atoms with Crippen molar-refractivity contribution in [2.75, 3.05) is 39.2 Å². The molecule has 0 radical (unpaired) electrons. The highest BCUT2D eigenvalue weighted by Crippen LogP contribution is 2.33. The third-order valence-corrected chi connectivity index (χ3v) is 8.63. The lowest BCUT2D eigenvalue weighted by atomic mass is 10.1. The van der Waals surface area contributed by atoms with E-state index in [1.807, 2.05) is 19.9 Å². The molecule has 0 saturated heterocycles. The van der Waals surface area contributed by atoms with Gasteiger partial charge in [-0.3, -0.25) is 13.9 Å². The molecule has 0 bridgehead atoms. The lowest BCUT2D eigenvalue weighted by molar-refractivity contribution is -0.140. The van der Waals surface area contributed by atoms with Gasteiger partial charge in [0.2, 0.25) is 11.8 Å². The van der Waals surface area contributed by atoms with Crippen LogP contribution in [0.3, 0.4) is 0 Å². The number of benzene rings is 3. The number of nitrogens with zero attached hydrogens (tertiary/aromatic N) is 2. The van der Waals surface area contributed by atoms with Crippen LogP contribution in [0.1, 0.15) is 30.0 Å². The Labute approximate surface area is 248 Å². The summed E-state index contributed by atoms with van der Waals surface area (Å²) in [7, 11) is 1.66. The minimum absolute atomic E-state index is 0.0767.